The molecule has 4 N–H and O–H groups in total. The number of H-pyrrole nitrogens is 1. The van der Waals surface area contributed by atoms with Gasteiger partial charge in [-0.1, -0.05) is 6.07 Å². The lowest BCUT2D eigenvalue weighted by Crippen LogP contribution is -2.36. The highest BCUT2D eigenvalue weighted by molar-refractivity contribution is 5.75. The van der Waals surface area contributed by atoms with E-state index < -0.39 is 5.60 Å². The van der Waals surface area contributed by atoms with Crippen molar-refractivity contribution < 1.29 is 9.50 Å². The number of halogens is 1. The third-order valence-electron chi connectivity index (χ3n) is 2.50. The van der Waals surface area contributed by atoms with Crippen molar-refractivity contribution in [3.63, 3.8) is 0 Å². The monoisotopic (exact) mass is 223 g/mol. The molecule has 1 heterocycles. The number of para-hydroxylation sites is 1. The lowest BCUT2D eigenvalue weighted by Gasteiger charge is -2.18. The largest absolute Gasteiger partial charge is 0.388 e. The lowest BCUT2D eigenvalue weighted by atomic mass is 10.0. The first-order chi connectivity index (χ1) is 7.52. The van der Waals surface area contributed by atoms with Gasteiger partial charge in [0, 0.05) is 13.0 Å². The fraction of sp³-hybridized carbons (Fsp3) is 0.364. The number of benzene rings is 1. The smallest absolute Gasteiger partial charge is 0.151 e. The Kier molecular flexibility index (Phi) is 2.65. The minimum absolute atomic E-state index is 0.131. The molecule has 86 valence electrons. The number of nitrogens with two attached hydrogens (primary N) is 1. The molecule has 0 bridgehead atoms. The van der Waals surface area contributed by atoms with Crippen LogP contribution >= 0.6 is 0 Å². The summed E-state index contributed by atoms with van der Waals surface area (Å²) in [5.41, 5.74) is 5.31. The van der Waals surface area contributed by atoms with Crippen LogP contribution in [0.25, 0.3) is 11.0 Å². The molecule has 5 heteroatoms. The van der Waals surface area contributed by atoms with E-state index in [1.54, 1.807) is 19.1 Å². The minimum atomic E-state index is -1.02. The first-order valence-corrected chi connectivity index (χ1v) is 5.07. The van der Waals surface area contributed by atoms with E-state index in [9.17, 15) is 9.50 Å². The van der Waals surface area contributed by atoms with Gasteiger partial charge in [0.25, 0.3) is 0 Å². The number of aliphatic hydroxyl groups is 1. The SMILES string of the molecule is CC(O)(CN)Cc1nc2c(F)cccc2[nH]1. The topological polar surface area (TPSA) is 74.9 Å². The van der Waals surface area contributed by atoms with Crippen LogP contribution in [0.3, 0.4) is 0 Å². The summed E-state index contributed by atoms with van der Waals surface area (Å²) < 4.78 is 13.3. The quantitative estimate of drug-likeness (QED) is 0.725. The first-order valence-electron chi connectivity index (χ1n) is 5.07. The van der Waals surface area contributed by atoms with E-state index in [0.29, 0.717) is 16.9 Å². The number of hydrogen-bond acceptors (Lipinski definition) is 3. The van der Waals surface area contributed by atoms with Crippen LogP contribution in [0, 0.1) is 5.82 Å². The van der Waals surface area contributed by atoms with Crippen molar-refractivity contribution in [2.24, 2.45) is 5.73 Å². The summed E-state index contributed by atoms with van der Waals surface area (Å²) in [6.07, 6.45) is 0.275. The average Bonchev–Trinajstić information content (AvgIpc) is 2.61. The Morgan fingerprint density at radius 3 is 2.94 bits per heavy atom. The minimum Gasteiger partial charge on any atom is -0.388 e. The van der Waals surface area contributed by atoms with Crippen LogP contribution in [0.15, 0.2) is 18.2 Å². The number of nitrogens with zero attached hydrogens (tertiary/aromatic N) is 1. The summed E-state index contributed by atoms with van der Waals surface area (Å²) in [5, 5.41) is 9.79. The second-order valence-electron chi connectivity index (χ2n) is 4.20. The van der Waals surface area contributed by atoms with Crippen LogP contribution < -0.4 is 5.73 Å². The number of imidazole rings is 1. The number of nitrogens with one attached hydrogen (secondary N) is 1. The standard InChI is InChI=1S/C11H14FN3O/c1-11(16,6-13)5-9-14-8-4-2-3-7(12)10(8)15-9/h2-4,16H,5-6,13H2,1H3,(H,14,15). The molecule has 1 aromatic heterocycles. The Morgan fingerprint density at radius 1 is 1.56 bits per heavy atom. The predicted octanol–water partition coefficient (Wildman–Crippen LogP) is 0.954. The molecule has 1 atom stereocenters. The zero-order valence-electron chi connectivity index (χ0n) is 9.00. The van der Waals surface area contributed by atoms with Crippen LogP contribution in [-0.4, -0.2) is 27.2 Å². The molecule has 0 aliphatic carbocycles. The van der Waals surface area contributed by atoms with Crippen LogP contribution in [0.1, 0.15) is 12.7 Å². The van der Waals surface area contributed by atoms with Gasteiger partial charge >= 0.3 is 0 Å². The zero-order valence-corrected chi connectivity index (χ0v) is 9.00. The third kappa shape index (κ3) is 2.05. The summed E-state index contributed by atoms with van der Waals surface area (Å²) in [7, 11) is 0. The number of aromatic nitrogens is 2. The van der Waals surface area contributed by atoms with Crippen LogP contribution in [-0.2, 0) is 6.42 Å². The maximum absolute atomic E-state index is 13.3. The maximum Gasteiger partial charge on any atom is 0.151 e. The fourth-order valence-corrected chi connectivity index (χ4v) is 1.56. The third-order valence-corrected chi connectivity index (χ3v) is 2.50. The van der Waals surface area contributed by atoms with Gasteiger partial charge in [0.05, 0.1) is 11.1 Å². The van der Waals surface area contributed by atoms with Crippen LogP contribution in [0.2, 0.25) is 0 Å². The molecule has 0 amide bonds. The van der Waals surface area contributed by atoms with Crippen molar-refractivity contribution in [3.8, 4) is 0 Å². The molecular formula is C11H14FN3O. The number of fused-ring (bicyclic) bond motifs is 1. The van der Waals surface area contributed by atoms with E-state index in [4.69, 9.17) is 5.73 Å². The summed E-state index contributed by atoms with van der Waals surface area (Å²) in [5.74, 6) is 0.169. The molecule has 0 fully saturated rings. The fourth-order valence-electron chi connectivity index (χ4n) is 1.56. The molecule has 0 aliphatic heterocycles. The summed E-state index contributed by atoms with van der Waals surface area (Å²) in [4.78, 5) is 7.06. The highest BCUT2D eigenvalue weighted by Gasteiger charge is 2.21. The highest BCUT2D eigenvalue weighted by atomic mass is 19.1. The van der Waals surface area contributed by atoms with Gasteiger partial charge in [-0.05, 0) is 19.1 Å². The highest BCUT2D eigenvalue weighted by Crippen LogP contribution is 2.17. The molecule has 0 spiro atoms. The molecule has 4 nitrogen and oxygen atoms in total. The molecule has 0 aliphatic rings. The summed E-state index contributed by atoms with van der Waals surface area (Å²) >= 11 is 0. The maximum atomic E-state index is 13.3. The predicted molar refractivity (Wildman–Crippen MR) is 59.4 cm³/mol. The Labute approximate surface area is 92.3 Å². The Hall–Kier alpha value is -1.46. The normalized spacial score (nSPS) is 15.2. The van der Waals surface area contributed by atoms with Crippen molar-refractivity contribution in [2.45, 2.75) is 18.9 Å². The Balaban J connectivity index is 2.37. The molecule has 0 saturated heterocycles. The van der Waals surface area contributed by atoms with Crippen molar-refractivity contribution in [2.75, 3.05) is 6.54 Å². The van der Waals surface area contributed by atoms with Gasteiger partial charge in [0.1, 0.15) is 11.3 Å². The van der Waals surface area contributed by atoms with E-state index in [2.05, 4.69) is 9.97 Å². The van der Waals surface area contributed by atoms with Gasteiger partial charge < -0.3 is 15.8 Å². The Morgan fingerprint density at radius 2 is 2.31 bits per heavy atom. The molecule has 0 radical (unpaired) electrons. The molecular weight excluding hydrogens is 209 g/mol. The zero-order chi connectivity index (χ0) is 11.8. The van der Waals surface area contributed by atoms with E-state index in [1.165, 1.54) is 6.07 Å². The van der Waals surface area contributed by atoms with Crippen LogP contribution in [0.4, 0.5) is 4.39 Å². The molecule has 1 unspecified atom stereocenters. The van der Waals surface area contributed by atoms with E-state index in [1.807, 2.05) is 0 Å². The Bertz CT molecular complexity index is 507. The summed E-state index contributed by atoms with van der Waals surface area (Å²) in [6.45, 7) is 1.75. The lowest BCUT2D eigenvalue weighted by molar-refractivity contribution is 0.0678. The van der Waals surface area contributed by atoms with E-state index in [-0.39, 0.29) is 18.8 Å². The second-order valence-corrected chi connectivity index (χ2v) is 4.20. The van der Waals surface area contributed by atoms with Gasteiger partial charge in [-0.15, -0.1) is 0 Å². The van der Waals surface area contributed by atoms with Gasteiger partial charge in [0.2, 0.25) is 0 Å². The van der Waals surface area contributed by atoms with Gasteiger partial charge in [-0.3, -0.25) is 0 Å². The number of aromatic amines is 1. The van der Waals surface area contributed by atoms with E-state index >= 15 is 0 Å². The van der Waals surface area contributed by atoms with Crippen molar-refractivity contribution >= 4 is 11.0 Å². The summed E-state index contributed by atoms with van der Waals surface area (Å²) in [6, 6.07) is 4.71. The molecule has 16 heavy (non-hydrogen) atoms. The van der Waals surface area contributed by atoms with Crippen molar-refractivity contribution in [1.82, 2.24) is 9.97 Å². The van der Waals surface area contributed by atoms with Gasteiger partial charge in [-0.2, -0.15) is 0 Å². The first kappa shape index (κ1) is 11.0. The average molecular weight is 223 g/mol. The van der Waals surface area contributed by atoms with Gasteiger partial charge in [0.15, 0.2) is 5.82 Å². The van der Waals surface area contributed by atoms with Crippen molar-refractivity contribution in [1.29, 1.82) is 0 Å². The molecule has 2 rings (SSSR count). The number of hydrogen-bond donors (Lipinski definition) is 3. The van der Waals surface area contributed by atoms with E-state index in [0.717, 1.165) is 0 Å². The van der Waals surface area contributed by atoms with Crippen LogP contribution in [0.5, 0.6) is 0 Å². The molecule has 2 aromatic rings. The molecule has 0 saturated carbocycles. The van der Waals surface area contributed by atoms with Gasteiger partial charge in [-0.25, -0.2) is 9.37 Å². The molecule has 1 aromatic carbocycles. The number of rotatable bonds is 3. The second kappa shape index (κ2) is 3.84. The van der Waals surface area contributed by atoms with Crippen molar-refractivity contribution in [3.05, 3.63) is 29.8 Å².